The molecule has 0 unspecified atom stereocenters. The monoisotopic (exact) mass is 475 g/mol. The number of nitrogens with zero attached hydrogens (tertiary/aromatic N) is 3. The van der Waals surface area contributed by atoms with Crippen molar-refractivity contribution in [2.45, 2.75) is 52.0 Å². The van der Waals surface area contributed by atoms with Gasteiger partial charge in [0.05, 0.1) is 11.1 Å². The second-order valence-electron chi connectivity index (χ2n) is 9.39. The van der Waals surface area contributed by atoms with E-state index in [1.54, 1.807) is 12.1 Å². The summed E-state index contributed by atoms with van der Waals surface area (Å²) in [6.45, 7) is 6.10. The minimum Gasteiger partial charge on any atom is -0.340 e. The molecule has 0 N–H and O–H groups in total. The van der Waals surface area contributed by atoms with E-state index in [-0.39, 0.29) is 42.6 Å². The van der Waals surface area contributed by atoms with E-state index in [2.05, 4.69) is 6.92 Å². The lowest BCUT2D eigenvalue weighted by Gasteiger charge is -2.38. The smallest absolute Gasteiger partial charge is 0.261 e. The third kappa shape index (κ3) is 5.29. The third-order valence-corrected chi connectivity index (χ3v) is 6.90. The van der Waals surface area contributed by atoms with Gasteiger partial charge in [0.1, 0.15) is 0 Å². The van der Waals surface area contributed by atoms with E-state index in [1.165, 1.54) is 4.90 Å². The predicted octanol–water partition coefficient (Wildman–Crippen LogP) is 3.91. The second kappa shape index (κ2) is 10.8. The SMILES string of the molecule is CCCN(C(=O)CCCN1C(=O)c2ccc(C)cc2C1=O)C1CCN(C(=O)c2ccccc2)CC1. The summed E-state index contributed by atoms with van der Waals surface area (Å²) in [4.78, 5) is 56.3. The van der Waals surface area contributed by atoms with Gasteiger partial charge in [-0.3, -0.25) is 24.1 Å². The summed E-state index contributed by atoms with van der Waals surface area (Å²) in [6, 6.07) is 14.7. The Kier molecular flexibility index (Phi) is 7.63. The molecule has 4 amide bonds. The first kappa shape index (κ1) is 24.6. The van der Waals surface area contributed by atoms with Crippen LogP contribution in [0.4, 0.5) is 0 Å². The van der Waals surface area contributed by atoms with Gasteiger partial charge < -0.3 is 9.80 Å². The molecule has 7 heteroatoms. The van der Waals surface area contributed by atoms with Crippen molar-refractivity contribution in [2.75, 3.05) is 26.2 Å². The van der Waals surface area contributed by atoms with Gasteiger partial charge in [-0.15, -0.1) is 0 Å². The number of carbonyl (C=O) groups excluding carboxylic acids is 4. The second-order valence-corrected chi connectivity index (χ2v) is 9.39. The zero-order valence-electron chi connectivity index (χ0n) is 20.5. The van der Waals surface area contributed by atoms with E-state index >= 15 is 0 Å². The van der Waals surface area contributed by atoms with Crippen LogP contribution in [0.15, 0.2) is 48.5 Å². The summed E-state index contributed by atoms with van der Waals surface area (Å²) in [7, 11) is 0. The van der Waals surface area contributed by atoms with Crippen molar-refractivity contribution < 1.29 is 19.2 Å². The summed E-state index contributed by atoms with van der Waals surface area (Å²) in [5.74, 6) is -0.471. The fraction of sp³-hybridized carbons (Fsp3) is 0.429. The van der Waals surface area contributed by atoms with E-state index in [9.17, 15) is 19.2 Å². The maximum absolute atomic E-state index is 13.1. The highest BCUT2D eigenvalue weighted by Crippen LogP contribution is 2.25. The van der Waals surface area contributed by atoms with Crippen LogP contribution in [0.2, 0.25) is 0 Å². The molecule has 1 fully saturated rings. The maximum atomic E-state index is 13.1. The van der Waals surface area contributed by atoms with Gasteiger partial charge in [-0.2, -0.15) is 0 Å². The quantitative estimate of drug-likeness (QED) is 0.543. The van der Waals surface area contributed by atoms with Gasteiger partial charge in [-0.05, 0) is 56.9 Å². The summed E-state index contributed by atoms with van der Waals surface area (Å²) >= 11 is 0. The number of imide groups is 1. The number of hydrogen-bond donors (Lipinski definition) is 0. The lowest BCUT2D eigenvalue weighted by atomic mass is 10.0. The molecule has 7 nitrogen and oxygen atoms in total. The van der Waals surface area contributed by atoms with Gasteiger partial charge in [0.2, 0.25) is 5.91 Å². The van der Waals surface area contributed by atoms with E-state index in [0.717, 1.165) is 24.8 Å². The predicted molar refractivity (Wildman–Crippen MR) is 133 cm³/mol. The zero-order valence-corrected chi connectivity index (χ0v) is 20.5. The van der Waals surface area contributed by atoms with Crippen molar-refractivity contribution in [3.05, 3.63) is 70.8 Å². The molecule has 2 aliphatic rings. The fourth-order valence-corrected chi connectivity index (χ4v) is 5.04. The summed E-state index contributed by atoms with van der Waals surface area (Å²) in [5.41, 5.74) is 2.52. The summed E-state index contributed by atoms with van der Waals surface area (Å²) < 4.78 is 0. The molecular formula is C28H33N3O4. The molecule has 184 valence electrons. The first-order valence-corrected chi connectivity index (χ1v) is 12.5. The average Bonchev–Trinajstić information content (AvgIpc) is 3.11. The molecule has 2 heterocycles. The third-order valence-electron chi connectivity index (χ3n) is 6.90. The van der Waals surface area contributed by atoms with Crippen LogP contribution in [0.25, 0.3) is 0 Å². The Labute approximate surface area is 206 Å². The first-order valence-electron chi connectivity index (χ1n) is 12.5. The van der Waals surface area contributed by atoms with E-state index in [1.807, 2.05) is 53.1 Å². The van der Waals surface area contributed by atoms with Gasteiger partial charge in [-0.1, -0.05) is 36.8 Å². The Balaban J connectivity index is 1.30. The molecule has 0 bridgehead atoms. The zero-order chi connectivity index (χ0) is 24.9. The molecule has 4 rings (SSSR count). The molecule has 0 saturated carbocycles. The standard InChI is InChI=1S/C28H33N3O4/c1-3-15-30(22-13-17-29(18-14-22)26(33)21-8-5-4-6-9-21)25(32)10-7-16-31-27(34)23-12-11-20(2)19-24(23)28(31)35/h4-6,8-9,11-12,19,22H,3,7,10,13-18H2,1-2H3. The number of rotatable bonds is 8. The van der Waals surface area contributed by atoms with Crippen molar-refractivity contribution in [3.8, 4) is 0 Å². The van der Waals surface area contributed by atoms with E-state index in [4.69, 9.17) is 0 Å². The van der Waals surface area contributed by atoms with Gasteiger partial charge >= 0.3 is 0 Å². The topological polar surface area (TPSA) is 78.0 Å². The highest BCUT2D eigenvalue weighted by Gasteiger charge is 2.35. The molecular weight excluding hydrogens is 442 g/mol. The summed E-state index contributed by atoms with van der Waals surface area (Å²) in [5, 5.41) is 0. The number of hydrogen-bond acceptors (Lipinski definition) is 4. The molecule has 0 atom stereocenters. The van der Waals surface area contributed by atoms with Crippen molar-refractivity contribution in [1.29, 1.82) is 0 Å². The van der Waals surface area contributed by atoms with Gasteiger partial charge in [-0.25, -0.2) is 0 Å². The lowest BCUT2D eigenvalue weighted by molar-refractivity contribution is -0.134. The van der Waals surface area contributed by atoms with Crippen LogP contribution in [0.1, 0.15) is 75.7 Å². The Morgan fingerprint density at radius 2 is 1.66 bits per heavy atom. The summed E-state index contributed by atoms with van der Waals surface area (Å²) in [6.07, 6.45) is 3.08. The Morgan fingerprint density at radius 1 is 0.971 bits per heavy atom. The van der Waals surface area contributed by atoms with Gasteiger partial charge in [0.25, 0.3) is 17.7 Å². The Hall–Kier alpha value is -3.48. The van der Waals surface area contributed by atoms with Crippen molar-refractivity contribution in [3.63, 3.8) is 0 Å². The number of aryl methyl sites for hydroxylation is 1. The van der Waals surface area contributed by atoms with Crippen molar-refractivity contribution in [1.82, 2.24) is 14.7 Å². The number of amides is 4. The number of piperidine rings is 1. The fourth-order valence-electron chi connectivity index (χ4n) is 5.04. The Morgan fingerprint density at radius 3 is 2.34 bits per heavy atom. The lowest BCUT2D eigenvalue weighted by Crippen LogP contribution is -2.49. The van der Waals surface area contributed by atoms with Gasteiger partial charge in [0, 0.05) is 44.2 Å². The molecule has 2 aromatic rings. The first-order chi connectivity index (χ1) is 16.9. The van der Waals surface area contributed by atoms with Gasteiger partial charge in [0.15, 0.2) is 0 Å². The maximum Gasteiger partial charge on any atom is 0.261 e. The number of carbonyl (C=O) groups is 4. The highest BCUT2D eigenvalue weighted by molar-refractivity contribution is 6.21. The molecule has 2 aliphatic heterocycles. The molecule has 0 aliphatic carbocycles. The number of likely N-dealkylation sites (tertiary alicyclic amines) is 1. The van der Waals surface area contributed by atoms with Crippen LogP contribution >= 0.6 is 0 Å². The number of benzene rings is 2. The van der Waals surface area contributed by atoms with Crippen LogP contribution in [0, 0.1) is 6.92 Å². The van der Waals surface area contributed by atoms with Crippen LogP contribution in [-0.2, 0) is 4.79 Å². The Bertz CT molecular complexity index is 1110. The minimum atomic E-state index is -0.279. The normalized spacial score (nSPS) is 15.9. The highest BCUT2D eigenvalue weighted by atomic mass is 16.2. The van der Waals surface area contributed by atoms with Crippen molar-refractivity contribution in [2.24, 2.45) is 0 Å². The van der Waals surface area contributed by atoms with Crippen LogP contribution < -0.4 is 0 Å². The van der Waals surface area contributed by atoms with Crippen LogP contribution in [0.5, 0.6) is 0 Å². The van der Waals surface area contributed by atoms with Crippen LogP contribution in [-0.4, -0.2) is 70.5 Å². The minimum absolute atomic E-state index is 0.0357. The van der Waals surface area contributed by atoms with E-state index < -0.39 is 0 Å². The molecule has 35 heavy (non-hydrogen) atoms. The molecule has 0 radical (unpaired) electrons. The molecule has 2 aromatic carbocycles. The van der Waals surface area contributed by atoms with Crippen LogP contribution in [0.3, 0.4) is 0 Å². The molecule has 0 spiro atoms. The average molecular weight is 476 g/mol. The molecule has 1 saturated heterocycles. The largest absolute Gasteiger partial charge is 0.340 e. The van der Waals surface area contributed by atoms with E-state index in [0.29, 0.717) is 42.7 Å². The van der Waals surface area contributed by atoms with Crippen molar-refractivity contribution >= 4 is 23.6 Å². The number of fused-ring (bicyclic) bond motifs is 1. The molecule has 0 aromatic heterocycles.